The second-order valence-electron chi connectivity index (χ2n) is 7.96. The van der Waals surface area contributed by atoms with E-state index in [2.05, 4.69) is 0 Å². The largest absolute Gasteiger partial charge is 0.468 e. The van der Waals surface area contributed by atoms with Gasteiger partial charge in [-0.1, -0.05) is 26.0 Å². The van der Waals surface area contributed by atoms with Crippen molar-refractivity contribution in [3.05, 3.63) is 12.2 Å². The summed E-state index contributed by atoms with van der Waals surface area (Å²) < 4.78 is 5.02. The van der Waals surface area contributed by atoms with Crippen LogP contribution in [-0.2, 0) is 23.9 Å². The third kappa shape index (κ3) is 1.56. The van der Waals surface area contributed by atoms with Crippen LogP contribution in [0.3, 0.4) is 0 Å². The minimum absolute atomic E-state index is 0.0748. The van der Waals surface area contributed by atoms with Crippen molar-refractivity contribution in [1.29, 1.82) is 0 Å². The highest BCUT2D eigenvalue weighted by Crippen LogP contribution is 2.62. The van der Waals surface area contributed by atoms with Crippen LogP contribution < -0.4 is 0 Å². The lowest BCUT2D eigenvalue weighted by Crippen LogP contribution is -2.65. The number of Topliss-reactive ketones (excluding diaryl/α,β-unsaturated/α-hetero) is 3. The van der Waals surface area contributed by atoms with Gasteiger partial charge < -0.3 is 4.74 Å². The summed E-state index contributed by atoms with van der Waals surface area (Å²) in [6, 6.07) is 0. The fourth-order valence-corrected chi connectivity index (χ4v) is 6.10. The first-order chi connectivity index (χ1) is 11.4. The van der Waals surface area contributed by atoms with E-state index in [-0.39, 0.29) is 41.0 Å². The molecule has 0 spiro atoms. The van der Waals surface area contributed by atoms with Crippen LogP contribution in [-0.4, -0.2) is 30.4 Å². The van der Waals surface area contributed by atoms with E-state index >= 15 is 0 Å². The lowest BCUT2D eigenvalue weighted by molar-refractivity contribution is -0.180. The molecule has 5 nitrogen and oxygen atoms in total. The van der Waals surface area contributed by atoms with Gasteiger partial charge in [-0.2, -0.15) is 0 Å². The molecule has 5 heteroatoms. The molecule has 0 aromatic heterocycles. The molecule has 0 radical (unpaired) electrons. The topological polar surface area (TPSA) is 77.5 Å². The minimum Gasteiger partial charge on any atom is -0.468 e. The molecule has 3 fully saturated rings. The average Bonchev–Trinajstić information content (AvgIpc) is 3.11. The predicted molar refractivity (Wildman–Crippen MR) is 83.6 cm³/mol. The normalized spacial score (nSPS) is 49.1. The number of fused-ring (bicyclic) bond motifs is 6. The highest BCUT2D eigenvalue weighted by atomic mass is 16.5. The molecule has 2 bridgehead atoms. The standard InChI is InChI=1S/C19H22O5/c1-8-4-5-9(2)19(18(23)24-3)15(8)16(21)14-11-6-10(7-12(11)20)13(14)17(19)22/h4-5,8-11,13-15H,6-7H2,1-3H3/t8-,9+,10+,11-,13?,14?,15-,19-/m0/s1. The highest BCUT2D eigenvalue weighted by molar-refractivity contribution is 6.16. The van der Waals surface area contributed by atoms with Gasteiger partial charge in [-0.15, -0.1) is 0 Å². The SMILES string of the molecule is COC(=O)[C@]12C(=O)C3C(C(=O)[C@@H]1[C@@H](C)C=C[C@H]2C)[C@H]1C[C@@H]3CC1=O. The third-order valence-electron chi connectivity index (χ3n) is 7.07. The van der Waals surface area contributed by atoms with Crippen molar-refractivity contribution in [1.82, 2.24) is 0 Å². The number of esters is 1. The number of ketones is 3. The molecule has 4 aliphatic carbocycles. The third-order valence-corrected chi connectivity index (χ3v) is 7.07. The summed E-state index contributed by atoms with van der Waals surface area (Å²) in [6.45, 7) is 3.68. The summed E-state index contributed by atoms with van der Waals surface area (Å²) in [5.41, 5.74) is -1.42. The van der Waals surface area contributed by atoms with Crippen LogP contribution in [0.5, 0.6) is 0 Å². The van der Waals surface area contributed by atoms with Crippen LogP contribution in [0.15, 0.2) is 12.2 Å². The second-order valence-corrected chi connectivity index (χ2v) is 7.96. The van der Waals surface area contributed by atoms with Gasteiger partial charge in [0.25, 0.3) is 0 Å². The van der Waals surface area contributed by atoms with Gasteiger partial charge in [0.2, 0.25) is 0 Å². The molecule has 2 unspecified atom stereocenters. The van der Waals surface area contributed by atoms with Crippen LogP contribution in [0.4, 0.5) is 0 Å². The van der Waals surface area contributed by atoms with Gasteiger partial charge in [-0.05, 0) is 24.2 Å². The Morgan fingerprint density at radius 2 is 1.88 bits per heavy atom. The summed E-state index contributed by atoms with van der Waals surface area (Å²) in [7, 11) is 1.28. The average molecular weight is 330 g/mol. The van der Waals surface area contributed by atoms with Gasteiger partial charge in [-0.25, -0.2) is 0 Å². The highest BCUT2D eigenvalue weighted by Gasteiger charge is 2.72. The zero-order chi connectivity index (χ0) is 17.4. The van der Waals surface area contributed by atoms with Crippen molar-refractivity contribution < 1.29 is 23.9 Å². The summed E-state index contributed by atoms with van der Waals surface area (Å²) in [6.07, 6.45) is 4.76. The Bertz CT molecular complexity index is 692. The van der Waals surface area contributed by atoms with Crippen molar-refractivity contribution in [2.24, 2.45) is 46.8 Å². The molecule has 0 aromatic rings. The Morgan fingerprint density at radius 1 is 1.17 bits per heavy atom. The van der Waals surface area contributed by atoms with Gasteiger partial charge in [0, 0.05) is 30.1 Å². The monoisotopic (exact) mass is 330 g/mol. The Balaban J connectivity index is 1.91. The first-order valence-corrected chi connectivity index (χ1v) is 8.73. The molecule has 24 heavy (non-hydrogen) atoms. The molecular formula is C19H22O5. The Hall–Kier alpha value is -1.78. The number of carbonyl (C=O) groups is 4. The lowest BCUT2D eigenvalue weighted by Gasteiger charge is -2.52. The van der Waals surface area contributed by atoms with Crippen molar-refractivity contribution >= 4 is 23.3 Å². The van der Waals surface area contributed by atoms with E-state index in [1.807, 2.05) is 26.0 Å². The fraction of sp³-hybridized carbons (Fsp3) is 0.684. The van der Waals surface area contributed by atoms with Gasteiger partial charge in [0.15, 0.2) is 5.78 Å². The molecular weight excluding hydrogens is 308 g/mol. The van der Waals surface area contributed by atoms with Gasteiger partial charge >= 0.3 is 5.97 Å². The Kier molecular flexibility index (Phi) is 3.19. The van der Waals surface area contributed by atoms with E-state index in [4.69, 9.17) is 4.74 Å². The number of carbonyl (C=O) groups excluding carboxylic acids is 4. The van der Waals surface area contributed by atoms with Crippen LogP contribution in [0, 0.1) is 46.8 Å². The molecule has 0 heterocycles. The predicted octanol–water partition coefficient (Wildman–Crippen LogP) is 1.60. The van der Waals surface area contributed by atoms with Crippen molar-refractivity contribution in [2.75, 3.05) is 7.11 Å². The second kappa shape index (κ2) is 4.87. The van der Waals surface area contributed by atoms with E-state index < -0.39 is 29.1 Å². The molecule has 0 N–H and O–H groups in total. The molecule has 0 aromatic carbocycles. The number of methoxy groups -OCH3 is 1. The summed E-state index contributed by atoms with van der Waals surface area (Å²) in [4.78, 5) is 51.9. The van der Waals surface area contributed by atoms with Gasteiger partial charge in [0.1, 0.15) is 17.0 Å². The lowest BCUT2D eigenvalue weighted by atomic mass is 9.47. The van der Waals surface area contributed by atoms with Crippen LogP contribution in [0.25, 0.3) is 0 Å². The minimum atomic E-state index is -1.42. The van der Waals surface area contributed by atoms with Crippen molar-refractivity contribution in [3.63, 3.8) is 0 Å². The Labute approximate surface area is 140 Å². The van der Waals surface area contributed by atoms with Crippen LogP contribution in [0.2, 0.25) is 0 Å². The fourth-order valence-electron chi connectivity index (χ4n) is 6.10. The number of ether oxygens (including phenoxy) is 1. The summed E-state index contributed by atoms with van der Waals surface area (Å²) in [5, 5.41) is 0. The molecule has 128 valence electrons. The summed E-state index contributed by atoms with van der Waals surface area (Å²) in [5.74, 6) is -3.44. The summed E-state index contributed by atoms with van der Waals surface area (Å²) >= 11 is 0. The van der Waals surface area contributed by atoms with Gasteiger partial charge in [0.05, 0.1) is 7.11 Å². The van der Waals surface area contributed by atoms with E-state index in [0.717, 1.165) is 0 Å². The first kappa shape index (κ1) is 15.7. The number of hydrogen-bond acceptors (Lipinski definition) is 5. The van der Waals surface area contributed by atoms with Crippen molar-refractivity contribution in [2.45, 2.75) is 26.7 Å². The van der Waals surface area contributed by atoms with Crippen molar-refractivity contribution in [3.8, 4) is 0 Å². The zero-order valence-corrected chi connectivity index (χ0v) is 14.2. The van der Waals surface area contributed by atoms with E-state index in [9.17, 15) is 19.2 Å². The maximum absolute atomic E-state index is 13.6. The Morgan fingerprint density at radius 3 is 2.54 bits per heavy atom. The van der Waals surface area contributed by atoms with E-state index in [0.29, 0.717) is 12.8 Å². The smallest absolute Gasteiger partial charge is 0.320 e. The quantitative estimate of drug-likeness (QED) is 0.414. The molecule has 0 amide bonds. The van der Waals surface area contributed by atoms with E-state index in [1.165, 1.54) is 7.11 Å². The zero-order valence-electron chi connectivity index (χ0n) is 14.2. The molecule has 8 atom stereocenters. The van der Waals surface area contributed by atoms with Crippen LogP contribution >= 0.6 is 0 Å². The first-order valence-electron chi connectivity index (χ1n) is 8.73. The van der Waals surface area contributed by atoms with E-state index in [1.54, 1.807) is 0 Å². The molecule has 3 saturated carbocycles. The number of allylic oxidation sites excluding steroid dienone is 2. The van der Waals surface area contributed by atoms with Crippen LogP contribution in [0.1, 0.15) is 26.7 Å². The molecule has 0 saturated heterocycles. The number of rotatable bonds is 1. The maximum atomic E-state index is 13.6. The molecule has 0 aliphatic heterocycles. The maximum Gasteiger partial charge on any atom is 0.320 e. The molecule has 4 aliphatic rings. The molecule has 4 rings (SSSR count). The van der Waals surface area contributed by atoms with Gasteiger partial charge in [-0.3, -0.25) is 19.2 Å². The number of hydrogen-bond donors (Lipinski definition) is 0.